The van der Waals surface area contributed by atoms with Crippen LogP contribution in [0.1, 0.15) is 33.1 Å². The summed E-state index contributed by atoms with van der Waals surface area (Å²) in [6.45, 7) is 5.99. The second-order valence-corrected chi connectivity index (χ2v) is 8.11. The summed E-state index contributed by atoms with van der Waals surface area (Å²) < 4.78 is 17.0. The molecule has 7 heteroatoms. The van der Waals surface area contributed by atoms with Gasteiger partial charge in [-0.3, -0.25) is 9.59 Å². The molecule has 3 aliphatic rings. The first kappa shape index (κ1) is 18.7. The number of piperidine rings is 1. The minimum atomic E-state index is -0.643. The zero-order valence-electron chi connectivity index (χ0n) is 16.3. The lowest BCUT2D eigenvalue weighted by molar-refractivity contribution is -0.138. The third-order valence-corrected chi connectivity index (χ3v) is 5.11. The number of amides is 1. The summed E-state index contributed by atoms with van der Waals surface area (Å²) in [5, 5.41) is 3.49. The number of ether oxygens (including phenoxy) is 3. The number of ketones is 1. The number of carbonyl (C=O) groups is 2. The van der Waals surface area contributed by atoms with Gasteiger partial charge >= 0.3 is 0 Å². The first-order chi connectivity index (χ1) is 13.4. The summed E-state index contributed by atoms with van der Waals surface area (Å²) in [5.74, 6) is 1.37. The predicted molar refractivity (Wildman–Crippen MR) is 104 cm³/mol. The van der Waals surface area contributed by atoms with Gasteiger partial charge in [-0.1, -0.05) is 0 Å². The normalized spacial score (nSPS) is 23.5. The number of nitrogens with one attached hydrogen (secondary N) is 1. The van der Waals surface area contributed by atoms with Gasteiger partial charge in [-0.2, -0.15) is 0 Å². The first-order valence-electron chi connectivity index (χ1n) is 9.79. The van der Waals surface area contributed by atoms with E-state index in [0.29, 0.717) is 26.3 Å². The van der Waals surface area contributed by atoms with Crippen molar-refractivity contribution in [1.82, 2.24) is 4.90 Å². The molecule has 7 nitrogen and oxygen atoms in total. The maximum atomic E-state index is 12.9. The average molecular weight is 386 g/mol. The Morgan fingerprint density at radius 3 is 2.79 bits per heavy atom. The van der Waals surface area contributed by atoms with Crippen LogP contribution in [-0.4, -0.2) is 54.5 Å². The predicted octanol–water partition coefficient (Wildman–Crippen LogP) is 2.51. The number of nitrogens with zero attached hydrogens (tertiary/aromatic N) is 1. The highest BCUT2D eigenvalue weighted by molar-refractivity contribution is 6.01. The Hall–Kier alpha value is -2.70. The van der Waals surface area contributed by atoms with Crippen molar-refractivity contribution < 1.29 is 23.8 Å². The second kappa shape index (κ2) is 7.37. The van der Waals surface area contributed by atoms with Crippen molar-refractivity contribution in [3.8, 4) is 11.5 Å². The van der Waals surface area contributed by atoms with E-state index in [2.05, 4.69) is 5.32 Å². The van der Waals surface area contributed by atoms with Crippen LogP contribution in [-0.2, 0) is 14.3 Å². The van der Waals surface area contributed by atoms with Crippen molar-refractivity contribution in [3.05, 3.63) is 30.0 Å². The largest absolute Gasteiger partial charge is 0.486 e. The Morgan fingerprint density at radius 1 is 1.21 bits per heavy atom. The zero-order chi connectivity index (χ0) is 19.7. The van der Waals surface area contributed by atoms with Crippen LogP contribution in [0.4, 0.5) is 5.69 Å². The van der Waals surface area contributed by atoms with Crippen LogP contribution >= 0.6 is 0 Å². The SMILES string of the molecule is CC1(C)CC(=O)C=C(C(=O)N2CCCC(Nc3ccc4c(c3)OCCO4)C2)O1. The summed E-state index contributed by atoms with van der Waals surface area (Å²) in [6, 6.07) is 5.91. The molecule has 1 fully saturated rings. The highest BCUT2D eigenvalue weighted by Crippen LogP contribution is 2.33. The molecule has 1 saturated heterocycles. The van der Waals surface area contributed by atoms with E-state index >= 15 is 0 Å². The van der Waals surface area contributed by atoms with E-state index in [1.807, 2.05) is 32.0 Å². The monoisotopic (exact) mass is 386 g/mol. The molecule has 28 heavy (non-hydrogen) atoms. The van der Waals surface area contributed by atoms with Crippen LogP contribution in [0.5, 0.6) is 11.5 Å². The number of hydrogen-bond acceptors (Lipinski definition) is 6. The number of likely N-dealkylation sites (tertiary alicyclic amines) is 1. The molecular weight excluding hydrogens is 360 g/mol. The maximum Gasteiger partial charge on any atom is 0.289 e. The van der Waals surface area contributed by atoms with E-state index in [-0.39, 0.29) is 29.9 Å². The number of allylic oxidation sites excluding steroid dienone is 1. The van der Waals surface area contributed by atoms with Gasteiger partial charge < -0.3 is 24.4 Å². The highest BCUT2D eigenvalue weighted by Gasteiger charge is 2.35. The summed E-state index contributed by atoms with van der Waals surface area (Å²) >= 11 is 0. The number of hydrogen-bond donors (Lipinski definition) is 1. The van der Waals surface area contributed by atoms with Gasteiger partial charge in [0.2, 0.25) is 0 Å². The lowest BCUT2D eigenvalue weighted by atomic mass is 9.98. The molecule has 150 valence electrons. The highest BCUT2D eigenvalue weighted by atomic mass is 16.6. The van der Waals surface area contributed by atoms with Crippen LogP contribution in [0.2, 0.25) is 0 Å². The smallest absolute Gasteiger partial charge is 0.289 e. The number of fused-ring (bicyclic) bond motifs is 1. The Labute approximate surface area is 164 Å². The molecule has 1 atom stereocenters. The van der Waals surface area contributed by atoms with Gasteiger partial charge in [-0.15, -0.1) is 0 Å². The minimum Gasteiger partial charge on any atom is -0.486 e. The molecule has 0 saturated carbocycles. The van der Waals surface area contributed by atoms with E-state index in [4.69, 9.17) is 14.2 Å². The van der Waals surface area contributed by atoms with Crippen LogP contribution in [0.3, 0.4) is 0 Å². The van der Waals surface area contributed by atoms with Crippen molar-refractivity contribution in [1.29, 1.82) is 0 Å². The summed E-state index contributed by atoms with van der Waals surface area (Å²) in [5.41, 5.74) is 0.295. The molecule has 0 aliphatic carbocycles. The second-order valence-electron chi connectivity index (χ2n) is 8.11. The molecule has 1 aromatic carbocycles. The van der Waals surface area contributed by atoms with Crippen molar-refractivity contribution in [2.45, 2.75) is 44.8 Å². The fraction of sp³-hybridized carbons (Fsp3) is 0.524. The third kappa shape index (κ3) is 4.08. The number of carbonyl (C=O) groups excluding carboxylic acids is 2. The van der Waals surface area contributed by atoms with Gasteiger partial charge in [0.1, 0.15) is 18.8 Å². The quantitative estimate of drug-likeness (QED) is 0.860. The Kier molecular flexibility index (Phi) is 4.91. The fourth-order valence-corrected chi connectivity index (χ4v) is 3.89. The van der Waals surface area contributed by atoms with E-state index in [0.717, 1.165) is 30.0 Å². The topological polar surface area (TPSA) is 77.1 Å². The molecule has 1 aromatic rings. The van der Waals surface area contributed by atoms with Crippen molar-refractivity contribution in [2.24, 2.45) is 0 Å². The van der Waals surface area contributed by atoms with Crippen molar-refractivity contribution >= 4 is 17.4 Å². The zero-order valence-corrected chi connectivity index (χ0v) is 16.3. The Balaban J connectivity index is 1.42. The molecule has 1 amide bonds. The van der Waals surface area contributed by atoms with Gasteiger partial charge in [0, 0.05) is 43.4 Å². The molecule has 0 bridgehead atoms. The standard InChI is InChI=1S/C21H26N2O5/c1-21(2)12-16(24)11-19(28-21)20(25)23-7-3-4-15(13-23)22-14-5-6-17-18(10-14)27-9-8-26-17/h5-6,10-11,15,22H,3-4,7-9,12-13H2,1-2H3. The average Bonchev–Trinajstić information content (AvgIpc) is 2.66. The van der Waals surface area contributed by atoms with Crippen LogP contribution in [0.25, 0.3) is 0 Å². The summed E-state index contributed by atoms with van der Waals surface area (Å²) in [7, 11) is 0. The molecule has 1 unspecified atom stereocenters. The molecule has 0 aromatic heterocycles. The Bertz CT molecular complexity index is 817. The summed E-state index contributed by atoms with van der Waals surface area (Å²) in [6.07, 6.45) is 3.48. The first-order valence-corrected chi connectivity index (χ1v) is 9.79. The van der Waals surface area contributed by atoms with Gasteiger partial charge in [0.05, 0.1) is 0 Å². The van der Waals surface area contributed by atoms with Gasteiger partial charge in [-0.05, 0) is 38.8 Å². The number of rotatable bonds is 3. The maximum absolute atomic E-state index is 12.9. The third-order valence-electron chi connectivity index (χ3n) is 5.11. The van der Waals surface area contributed by atoms with Crippen LogP contribution < -0.4 is 14.8 Å². The van der Waals surface area contributed by atoms with Gasteiger partial charge in [0.15, 0.2) is 23.0 Å². The van der Waals surface area contributed by atoms with Gasteiger partial charge in [0.25, 0.3) is 5.91 Å². The molecule has 4 rings (SSSR count). The Morgan fingerprint density at radius 2 is 2.00 bits per heavy atom. The van der Waals surface area contributed by atoms with Gasteiger partial charge in [-0.25, -0.2) is 0 Å². The van der Waals surface area contributed by atoms with Crippen LogP contribution in [0, 0.1) is 0 Å². The lowest BCUT2D eigenvalue weighted by Gasteiger charge is -2.36. The molecule has 0 radical (unpaired) electrons. The molecule has 0 spiro atoms. The molecule has 3 aliphatic heterocycles. The summed E-state index contributed by atoms with van der Waals surface area (Å²) in [4.78, 5) is 26.6. The number of benzene rings is 1. The van der Waals surface area contributed by atoms with Crippen molar-refractivity contribution in [2.75, 3.05) is 31.6 Å². The van der Waals surface area contributed by atoms with E-state index in [1.165, 1.54) is 6.08 Å². The molecular formula is C21H26N2O5. The fourth-order valence-electron chi connectivity index (χ4n) is 3.89. The molecule has 3 heterocycles. The lowest BCUT2D eigenvalue weighted by Crippen LogP contribution is -2.47. The minimum absolute atomic E-state index is 0.0671. The van der Waals surface area contributed by atoms with E-state index in [9.17, 15) is 9.59 Å². The van der Waals surface area contributed by atoms with E-state index in [1.54, 1.807) is 4.90 Å². The number of anilines is 1. The van der Waals surface area contributed by atoms with E-state index < -0.39 is 5.60 Å². The van der Waals surface area contributed by atoms with Crippen molar-refractivity contribution in [3.63, 3.8) is 0 Å². The van der Waals surface area contributed by atoms with Crippen LogP contribution in [0.15, 0.2) is 30.0 Å². The molecule has 1 N–H and O–H groups in total.